The van der Waals surface area contributed by atoms with Crippen molar-refractivity contribution in [2.75, 3.05) is 26.0 Å². The van der Waals surface area contributed by atoms with Crippen LogP contribution in [0.2, 0.25) is 0 Å². The zero-order valence-corrected chi connectivity index (χ0v) is 16.6. The predicted octanol–water partition coefficient (Wildman–Crippen LogP) is 3.51. The molecule has 1 aromatic rings. The second-order valence-electron chi connectivity index (χ2n) is 7.01. The van der Waals surface area contributed by atoms with Crippen molar-refractivity contribution in [3.05, 3.63) is 42.0 Å². The molecular weight excluding hydrogens is 364 g/mol. The van der Waals surface area contributed by atoms with Crippen molar-refractivity contribution in [2.45, 2.75) is 44.1 Å². The first-order valence-electron chi connectivity index (χ1n) is 9.28. The van der Waals surface area contributed by atoms with E-state index in [0.29, 0.717) is 6.26 Å². The van der Waals surface area contributed by atoms with E-state index in [1.165, 1.54) is 37.7 Å². The van der Waals surface area contributed by atoms with Crippen molar-refractivity contribution in [3.63, 3.8) is 0 Å². The van der Waals surface area contributed by atoms with Crippen LogP contribution in [0.1, 0.15) is 44.1 Å². The summed E-state index contributed by atoms with van der Waals surface area (Å²) in [6.45, 7) is 2.30. The SMILES string of the molecule is CS(=O)(=O)O.N#CCOc1cccc(C2(N3CC=CCC3)CCCCC2)c1. The zero-order valence-electron chi connectivity index (χ0n) is 15.8. The number of ether oxygens (including phenoxy) is 1. The third kappa shape index (κ3) is 6.65. The largest absolute Gasteiger partial charge is 0.479 e. The van der Waals surface area contributed by atoms with Crippen LogP contribution in [0.15, 0.2) is 36.4 Å². The summed E-state index contributed by atoms with van der Waals surface area (Å²) in [5, 5.41) is 8.71. The molecular formula is C20H28N2O4S. The fraction of sp³-hybridized carbons (Fsp3) is 0.550. The molecule has 0 unspecified atom stereocenters. The number of rotatable bonds is 4. The minimum atomic E-state index is -3.67. The Morgan fingerprint density at radius 1 is 1.26 bits per heavy atom. The minimum absolute atomic E-state index is 0.114. The Morgan fingerprint density at radius 3 is 2.56 bits per heavy atom. The summed E-state index contributed by atoms with van der Waals surface area (Å²) in [5.41, 5.74) is 1.51. The number of hydrogen-bond donors (Lipinski definition) is 1. The van der Waals surface area contributed by atoms with Gasteiger partial charge in [-0.15, -0.1) is 0 Å². The molecule has 0 amide bonds. The smallest absolute Gasteiger partial charge is 0.261 e. The van der Waals surface area contributed by atoms with Gasteiger partial charge in [0, 0.05) is 18.6 Å². The minimum Gasteiger partial charge on any atom is -0.479 e. The van der Waals surface area contributed by atoms with Gasteiger partial charge in [0.05, 0.1) is 6.26 Å². The average molecular weight is 393 g/mol. The maximum Gasteiger partial charge on any atom is 0.261 e. The van der Waals surface area contributed by atoms with Gasteiger partial charge in [0.2, 0.25) is 0 Å². The summed E-state index contributed by atoms with van der Waals surface area (Å²) in [6.07, 6.45) is 12.8. The molecule has 0 bridgehead atoms. The van der Waals surface area contributed by atoms with E-state index in [1.54, 1.807) is 0 Å². The Balaban J connectivity index is 0.000000465. The molecule has 3 rings (SSSR count). The highest BCUT2D eigenvalue weighted by Gasteiger charge is 2.39. The Labute approximate surface area is 162 Å². The molecule has 0 aromatic heterocycles. The van der Waals surface area contributed by atoms with Crippen LogP contribution in [-0.4, -0.2) is 43.8 Å². The summed E-state index contributed by atoms with van der Waals surface area (Å²) in [5.74, 6) is 0.816. The van der Waals surface area contributed by atoms with Gasteiger partial charge in [-0.05, 0) is 37.0 Å². The van der Waals surface area contributed by atoms with E-state index >= 15 is 0 Å². The van der Waals surface area contributed by atoms with Gasteiger partial charge >= 0.3 is 0 Å². The number of hydrogen-bond acceptors (Lipinski definition) is 5. The lowest BCUT2D eigenvalue weighted by molar-refractivity contribution is 0.0556. The van der Waals surface area contributed by atoms with Crippen LogP contribution in [0, 0.1) is 11.3 Å². The monoisotopic (exact) mass is 392 g/mol. The van der Waals surface area contributed by atoms with Crippen molar-refractivity contribution in [1.82, 2.24) is 4.90 Å². The lowest BCUT2D eigenvalue weighted by atomic mass is 9.74. The highest BCUT2D eigenvalue weighted by atomic mass is 32.2. The second-order valence-corrected chi connectivity index (χ2v) is 8.47. The van der Waals surface area contributed by atoms with Crippen LogP contribution in [0.3, 0.4) is 0 Å². The van der Waals surface area contributed by atoms with E-state index in [0.717, 1.165) is 25.3 Å². The number of nitrogens with zero attached hydrogens (tertiary/aromatic N) is 2. The Bertz CT molecular complexity index is 769. The molecule has 0 atom stereocenters. The van der Waals surface area contributed by atoms with Gasteiger partial charge in [0.25, 0.3) is 10.1 Å². The standard InChI is InChI=1S/C19H24N2O.CH4O3S/c20-12-15-22-18-9-7-8-17(16-18)19(10-3-1-4-11-19)21-13-5-2-6-14-21;1-5(2,3)4/h2,5,7-9,16H,1,3-4,6,10-11,13-15H2;1H3,(H,2,3,4). The van der Waals surface area contributed by atoms with Crippen molar-refractivity contribution in [2.24, 2.45) is 0 Å². The lowest BCUT2D eigenvalue weighted by Crippen LogP contribution is -2.48. The van der Waals surface area contributed by atoms with Gasteiger partial charge < -0.3 is 4.74 Å². The fourth-order valence-electron chi connectivity index (χ4n) is 3.95. The maximum atomic E-state index is 9.19. The molecule has 2 aliphatic rings. The summed E-state index contributed by atoms with van der Waals surface area (Å²) in [4.78, 5) is 2.65. The summed E-state index contributed by atoms with van der Waals surface area (Å²) in [7, 11) is -3.67. The van der Waals surface area contributed by atoms with Gasteiger partial charge in [-0.1, -0.05) is 43.5 Å². The van der Waals surface area contributed by atoms with Crippen molar-refractivity contribution < 1.29 is 17.7 Å². The van der Waals surface area contributed by atoms with E-state index in [2.05, 4.69) is 35.3 Å². The van der Waals surface area contributed by atoms with Gasteiger partial charge in [0.1, 0.15) is 11.8 Å². The first-order chi connectivity index (χ1) is 12.8. The molecule has 0 saturated heterocycles. The van der Waals surface area contributed by atoms with E-state index in [1.807, 2.05) is 12.1 Å². The first-order valence-corrected chi connectivity index (χ1v) is 11.1. The molecule has 0 spiro atoms. The Morgan fingerprint density at radius 2 is 1.96 bits per heavy atom. The van der Waals surface area contributed by atoms with Gasteiger partial charge in [-0.3, -0.25) is 9.45 Å². The van der Waals surface area contributed by atoms with Gasteiger partial charge in [-0.2, -0.15) is 13.7 Å². The van der Waals surface area contributed by atoms with Crippen LogP contribution < -0.4 is 4.74 Å². The Hall–Kier alpha value is -1.88. The lowest BCUT2D eigenvalue weighted by Gasteiger charge is -2.47. The molecule has 6 nitrogen and oxygen atoms in total. The van der Waals surface area contributed by atoms with E-state index in [9.17, 15) is 8.42 Å². The molecule has 1 heterocycles. The normalized spacial score (nSPS) is 19.4. The first kappa shape index (κ1) is 21.4. The molecule has 1 N–H and O–H groups in total. The van der Waals surface area contributed by atoms with Gasteiger partial charge in [0.15, 0.2) is 6.61 Å². The van der Waals surface area contributed by atoms with E-state index < -0.39 is 10.1 Å². The van der Waals surface area contributed by atoms with E-state index in [4.69, 9.17) is 14.6 Å². The molecule has 0 radical (unpaired) electrons. The summed E-state index contributed by atoms with van der Waals surface area (Å²) >= 11 is 0. The molecule has 1 fully saturated rings. The molecule has 1 aromatic carbocycles. The van der Waals surface area contributed by atoms with Crippen LogP contribution in [0.5, 0.6) is 5.75 Å². The molecule has 1 aliphatic heterocycles. The van der Waals surface area contributed by atoms with Crippen molar-refractivity contribution in [1.29, 1.82) is 5.26 Å². The number of nitriles is 1. The molecule has 27 heavy (non-hydrogen) atoms. The average Bonchev–Trinajstić information content (AvgIpc) is 2.66. The fourth-order valence-corrected chi connectivity index (χ4v) is 3.95. The van der Waals surface area contributed by atoms with Crippen molar-refractivity contribution in [3.8, 4) is 11.8 Å². The topological polar surface area (TPSA) is 90.6 Å². The van der Waals surface area contributed by atoms with Crippen LogP contribution in [0.25, 0.3) is 0 Å². The maximum absolute atomic E-state index is 9.19. The zero-order chi connectivity index (χ0) is 19.8. The number of benzene rings is 1. The predicted molar refractivity (Wildman–Crippen MR) is 105 cm³/mol. The summed E-state index contributed by atoms with van der Waals surface area (Å²) < 4.78 is 31.4. The highest BCUT2D eigenvalue weighted by molar-refractivity contribution is 7.85. The quantitative estimate of drug-likeness (QED) is 0.623. The van der Waals surface area contributed by atoms with Crippen molar-refractivity contribution >= 4 is 10.1 Å². The Kier molecular flexibility index (Phi) is 7.84. The van der Waals surface area contributed by atoms with Crippen LogP contribution >= 0.6 is 0 Å². The third-order valence-corrected chi connectivity index (χ3v) is 5.02. The van der Waals surface area contributed by atoms with E-state index in [-0.39, 0.29) is 12.1 Å². The molecule has 1 saturated carbocycles. The molecule has 1 aliphatic carbocycles. The van der Waals surface area contributed by atoms with Crippen LogP contribution in [-0.2, 0) is 15.7 Å². The molecule has 148 valence electrons. The van der Waals surface area contributed by atoms with Crippen LogP contribution in [0.4, 0.5) is 0 Å². The third-order valence-electron chi connectivity index (χ3n) is 5.02. The van der Waals surface area contributed by atoms with Gasteiger partial charge in [-0.25, -0.2) is 0 Å². The highest BCUT2D eigenvalue weighted by Crippen LogP contribution is 2.43. The molecule has 7 heteroatoms. The summed E-state index contributed by atoms with van der Waals surface area (Å²) in [6, 6.07) is 10.5. The second kappa shape index (κ2) is 9.88.